The Balaban J connectivity index is 0.00000306. The molecule has 2 aromatic carbocycles. The summed E-state index contributed by atoms with van der Waals surface area (Å²) in [6.07, 6.45) is 4.36. The smallest absolute Gasteiger partial charge is 0.225 e. The van der Waals surface area contributed by atoms with Gasteiger partial charge in [0.2, 0.25) is 5.95 Å². The van der Waals surface area contributed by atoms with Gasteiger partial charge in [-0.25, -0.2) is 4.98 Å². The van der Waals surface area contributed by atoms with E-state index in [4.69, 9.17) is 19.4 Å². The molecular formula is C26H37N5O2. The zero-order valence-corrected chi connectivity index (χ0v) is 19.4. The van der Waals surface area contributed by atoms with E-state index in [1.54, 1.807) is 14.2 Å². The van der Waals surface area contributed by atoms with Gasteiger partial charge >= 0.3 is 0 Å². The van der Waals surface area contributed by atoms with Crippen LogP contribution in [0.25, 0.3) is 10.9 Å². The summed E-state index contributed by atoms with van der Waals surface area (Å²) in [5.74, 6) is 3.37. The molecule has 0 atom stereocenters. The van der Waals surface area contributed by atoms with E-state index in [1.165, 1.54) is 0 Å². The minimum atomic E-state index is 0. The van der Waals surface area contributed by atoms with Gasteiger partial charge in [0.15, 0.2) is 0 Å². The molecule has 4 rings (SSSR count). The minimum Gasteiger partial charge on any atom is -0.496 e. The molecule has 7 heteroatoms. The number of benzene rings is 2. The molecule has 0 spiro atoms. The van der Waals surface area contributed by atoms with Crippen LogP contribution in [0, 0.1) is 0 Å². The Hall–Kier alpha value is -3.06. The van der Waals surface area contributed by atoms with E-state index in [2.05, 4.69) is 16.7 Å². The van der Waals surface area contributed by atoms with Crippen molar-refractivity contribution in [2.24, 2.45) is 0 Å². The summed E-state index contributed by atoms with van der Waals surface area (Å²) in [6, 6.07) is 14.9. The largest absolute Gasteiger partial charge is 0.496 e. The van der Waals surface area contributed by atoms with Crippen molar-refractivity contribution >= 4 is 22.7 Å². The Labute approximate surface area is 197 Å². The lowest BCUT2D eigenvalue weighted by Gasteiger charge is -2.30. The van der Waals surface area contributed by atoms with Crippen molar-refractivity contribution in [1.82, 2.24) is 15.3 Å². The molecule has 0 bridgehead atoms. The fourth-order valence-electron chi connectivity index (χ4n) is 4.44. The third-order valence-corrected chi connectivity index (χ3v) is 6.16. The van der Waals surface area contributed by atoms with Gasteiger partial charge in [0, 0.05) is 43.7 Å². The first kappa shape index (κ1) is 24.6. The minimum absolute atomic E-state index is 0. The average Bonchev–Trinajstić information content (AvgIpc) is 2.82. The summed E-state index contributed by atoms with van der Waals surface area (Å²) in [5.41, 5.74) is 2.04. The lowest BCUT2D eigenvalue weighted by molar-refractivity contribution is 0.341. The second kappa shape index (κ2) is 11.2. The number of rotatable bonds is 8. The number of aromatic nitrogens is 2. The maximum absolute atomic E-state index is 5.52. The Morgan fingerprint density at radius 2 is 1.52 bits per heavy atom. The van der Waals surface area contributed by atoms with Crippen LogP contribution in [0.1, 0.15) is 38.7 Å². The molecule has 0 saturated heterocycles. The van der Waals surface area contributed by atoms with Crippen molar-refractivity contribution < 1.29 is 9.47 Å². The average molecular weight is 452 g/mol. The molecule has 1 aliphatic carbocycles. The van der Waals surface area contributed by atoms with Crippen molar-refractivity contribution in [1.29, 1.82) is 0 Å². The monoisotopic (exact) mass is 451 g/mol. The quantitative estimate of drug-likeness (QED) is 0.507. The van der Waals surface area contributed by atoms with E-state index in [-0.39, 0.29) is 7.43 Å². The Morgan fingerprint density at radius 1 is 0.879 bits per heavy atom. The van der Waals surface area contributed by atoms with Crippen molar-refractivity contribution in [2.75, 3.05) is 38.5 Å². The van der Waals surface area contributed by atoms with E-state index < -0.39 is 0 Å². The molecule has 0 radical (unpaired) electrons. The molecule has 0 unspecified atom stereocenters. The van der Waals surface area contributed by atoms with Crippen molar-refractivity contribution in [3.05, 3.63) is 48.0 Å². The first-order valence-electron chi connectivity index (χ1n) is 11.2. The summed E-state index contributed by atoms with van der Waals surface area (Å²) >= 11 is 0. The van der Waals surface area contributed by atoms with Gasteiger partial charge in [0.05, 0.1) is 19.7 Å². The molecule has 1 heterocycles. The van der Waals surface area contributed by atoms with Crippen LogP contribution in [0.3, 0.4) is 0 Å². The van der Waals surface area contributed by atoms with Crippen LogP contribution in [-0.4, -0.2) is 50.4 Å². The first-order valence-corrected chi connectivity index (χ1v) is 11.2. The van der Waals surface area contributed by atoms with E-state index in [0.29, 0.717) is 18.0 Å². The summed E-state index contributed by atoms with van der Waals surface area (Å²) in [7, 11) is 7.44. The van der Waals surface area contributed by atoms with Gasteiger partial charge in [-0.15, -0.1) is 0 Å². The number of hydrogen-bond acceptors (Lipinski definition) is 7. The molecule has 178 valence electrons. The van der Waals surface area contributed by atoms with Crippen LogP contribution in [-0.2, 0) is 6.54 Å². The fraction of sp³-hybridized carbons (Fsp3) is 0.462. The van der Waals surface area contributed by atoms with Crippen molar-refractivity contribution in [3.63, 3.8) is 0 Å². The van der Waals surface area contributed by atoms with Crippen LogP contribution in [0.2, 0.25) is 0 Å². The molecule has 1 aliphatic rings. The summed E-state index contributed by atoms with van der Waals surface area (Å²) in [4.78, 5) is 11.6. The maximum atomic E-state index is 5.52. The highest BCUT2D eigenvalue weighted by atomic mass is 16.5. The number of hydrogen-bond donors (Lipinski definition) is 2. The van der Waals surface area contributed by atoms with Crippen LogP contribution < -0.4 is 25.0 Å². The van der Waals surface area contributed by atoms with E-state index >= 15 is 0 Å². The SMILES string of the molecule is C.COc1cccc(OC)c1CNC1CCC(Nc2nc(N(C)C)c3ccccc3n2)CC1. The third-order valence-electron chi connectivity index (χ3n) is 6.16. The standard InChI is InChI=1S/C25H33N5O2.CH4/c1-30(2)24-19-8-5-6-9-21(19)28-25(29-24)27-18-14-12-17(13-15-18)26-16-20-22(31-3)10-7-11-23(20)32-4;/h5-11,17-18,26H,12-16H2,1-4H3,(H,27,28,29);1H4. The zero-order chi connectivity index (χ0) is 22.5. The first-order chi connectivity index (χ1) is 15.6. The van der Waals surface area contributed by atoms with Crippen LogP contribution in [0.5, 0.6) is 11.5 Å². The molecule has 3 aromatic rings. The molecule has 0 amide bonds. The molecule has 7 nitrogen and oxygen atoms in total. The van der Waals surface area contributed by atoms with Gasteiger partial charge in [0.25, 0.3) is 0 Å². The predicted molar refractivity (Wildman–Crippen MR) is 137 cm³/mol. The Morgan fingerprint density at radius 3 is 2.15 bits per heavy atom. The number of para-hydroxylation sites is 1. The van der Waals surface area contributed by atoms with E-state index in [1.807, 2.05) is 55.4 Å². The van der Waals surface area contributed by atoms with Gasteiger partial charge < -0.3 is 25.0 Å². The third kappa shape index (κ3) is 5.66. The summed E-state index contributed by atoms with van der Waals surface area (Å²) < 4.78 is 11.0. The molecular weight excluding hydrogens is 414 g/mol. The van der Waals surface area contributed by atoms with Gasteiger partial charge in [-0.2, -0.15) is 4.98 Å². The zero-order valence-electron chi connectivity index (χ0n) is 19.4. The topological polar surface area (TPSA) is 71.5 Å². The lowest BCUT2D eigenvalue weighted by Crippen LogP contribution is -2.37. The van der Waals surface area contributed by atoms with E-state index in [9.17, 15) is 0 Å². The lowest BCUT2D eigenvalue weighted by atomic mass is 9.91. The highest BCUT2D eigenvalue weighted by Crippen LogP contribution is 2.30. The second-order valence-corrected chi connectivity index (χ2v) is 8.50. The molecule has 33 heavy (non-hydrogen) atoms. The summed E-state index contributed by atoms with van der Waals surface area (Å²) in [5, 5.41) is 8.35. The van der Waals surface area contributed by atoms with Crippen LogP contribution >= 0.6 is 0 Å². The summed E-state index contributed by atoms with van der Waals surface area (Å²) in [6.45, 7) is 0.732. The van der Waals surface area contributed by atoms with Gasteiger partial charge in [0.1, 0.15) is 17.3 Å². The number of anilines is 2. The molecule has 1 fully saturated rings. The van der Waals surface area contributed by atoms with Gasteiger partial charge in [-0.1, -0.05) is 25.6 Å². The molecule has 1 aromatic heterocycles. The number of ether oxygens (including phenoxy) is 2. The number of methoxy groups -OCH3 is 2. The fourth-order valence-corrected chi connectivity index (χ4v) is 4.44. The molecule has 2 N–H and O–H groups in total. The number of fused-ring (bicyclic) bond motifs is 1. The van der Waals surface area contributed by atoms with Crippen LogP contribution in [0.4, 0.5) is 11.8 Å². The van der Waals surface area contributed by atoms with Crippen molar-refractivity contribution in [3.8, 4) is 11.5 Å². The maximum Gasteiger partial charge on any atom is 0.225 e. The predicted octanol–water partition coefficient (Wildman–Crippen LogP) is 4.86. The number of nitrogens with one attached hydrogen (secondary N) is 2. The molecule has 1 saturated carbocycles. The normalized spacial score (nSPS) is 17.8. The highest BCUT2D eigenvalue weighted by Gasteiger charge is 2.23. The number of nitrogens with zero attached hydrogens (tertiary/aromatic N) is 3. The second-order valence-electron chi connectivity index (χ2n) is 8.50. The Bertz CT molecular complexity index is 1030. The Kier molecular flexibility index (Phi) is 8.33. The van der Waals surface area contributed by atoms with Gasteiger partial charge in [-0.05, 0) is 49.9 Å². The van der Waals surface area contributed by atoms with Gasteiger partial charge in [-0.3, -0.25) is 0 Å². The van der Waals surface area contributed by atoms with Crippen LogP contribution in [0.15, 0.2) is 42.5 Å². The van der Waals surface area contributed by atoms with E-state index in [0.717, 1.165) is 66.0 Å². The van der Waals surface area contributed by atoms with Crippen molar-refractivity contribution in [2.45, 2.75) is 51.7 Å². The molecule has 0 aliphatic heterocycles. The highest BCUT2D eigenvalue weighted by molar-refractivity contribution is 5.90.